The first kappa shape index (κ1) is 12.4. The molecule has 2 nitrogen and oxygen atoms in total. The third-order valence-electron chi connectivity index (χ3n) is 1.43. The molecule has 0 atom stereocenters. The van der Waals surface area contributed by atoms with Gasteiger partial charge in [0.05, 0.1) is 0 Å². The van der Waals surface area contributed by atoms with Crippen molar-refractivity contribution in [3.8, 4) is 11.5 Å². The Hall–Kier alpha value is -0.700. The molecule has 1 aromatic rings. The first-order valence-corrected chi connectivity index (χ1v) is 6.06. The van der Waals surface area contributed by atoms with E-state index in [1.54, 1.807) is 11.3 Å². The van der Waals surface area contributed by atoms with Crippen LogP contribution in [0.5, 0.6) is 11.5 Å². The van der Waals surface area contributed by atoms with Crippen LogP contribution < -0.4 is 9.47 Å². The molecule has 86 valence electrons. The lowest BCUT2D eigenvalue weighted by Gasteiger charge is -2.25. The fourth-order valence-electron chi connectivity index (χ4n) is 1.08. The molecule has 0 bridgehead atoms. The van der Waals surface area contributed by atoms with Crippen molar-refractivity contribution in [2.45, 2.75) is 52.7 Å². The van der Waals surface area contributed by atoms with Gasteiger partial charge in [0.2, 0.25) is 0 Å². The van der Waals surface area contributed by atoms with Crippen molar-refractivity contribution in [2.24, 2.45) is 0 Å². The van der Waals surface area contributed by atoms with Gasteiger partial charge in [-0.25, -0.2) is 0 Å². The van der Waals surface area contributed by atoms with Crippen LogP contribution in [0.15, 0.2) is 10.8 Å². The SMILES string of the molecule is CC(C)(C)Oc1cscc1OC(C)(C)C. The Bertz CT molecular complexity index is 285. The largest absolute Gasteiger partial charge is 0.483 e. The van der Waals surface area contributed by atoms with Crippen LogP contribution in [0.1, 0.15) is 41.5 Å². The van der Waals surface area contributed by atoms with E-state index >= 15 is 0 Å². The highest BCUT2D eigenvalue weighted by Crippen LogP contribution is 2.36. The maximum Gasteiger partial charge on any atom is 0.172 e. The van der Waals surface area contributed by atoms with Crippen LogP contribution in [0.2, 0.25) is 0 Å². The molecule has 0 saturated heterocycles. The summed E-state index contributed by atoms with van der Waals surface area (Å²) in [7, 11) is 0. The molecule has 0 aromatic carbocycles. The molecule has 1 aromatic heterocycles. The molecule has 0 amide bonds. The van der Waals surface area contributed by atoms with Gasteiger partial charge in [0.15, 0.2) is 11.5 Å². The summed E-state index contributed by atoms with van der Waals surface area (Å²) in [6.45, 7) is 12.2. The second kappa shape index (κ2) is 4.05. The van der Waals surface area contributed by atoms with Crippen LogP contribution in [-0.2, 0) is 0 Å². The molecule has 0 saturated carbocycles. The zero-order valence-corrected chi connectivity index (χ0v) is 11.2. The Morgan fingerprint density at radius 2 is 1.13 bits per heavy atom. The second-order valence-electron chi connectivity index (χ2n) is 5.53. The second-order valence-corrected chi connectivity index (χ2v) is 6.27. The molecule has 0 radical (unpaired) electrons. The first-order valence-electron chi connectivity index (χ1n) is 5.12. The average molecular weight is 228 g/mol. The highest BCUT2D eigenvalue weighted by Gasteiger charge is 2.20. The highest BCUT2D eigenvalue weighted by atomic mass is 32.1. The highest BCUT2D eigenvalue weighted by molar-refractivity contribution is 7.08. The van der Waals surface area contributed by atoms with Gasteiger partial charge in [-0.05, 0) is 41.5 Å². The standard InChI is InChI=1S/C12H20O2S/c1-11(2,3)13-9-7-15-8-10(9)14-12(4,5)6/h7-8H,1-6H3. The quantitative estimate of drug-likeness (QED) is 0.758. The number of rotatable bonds is 2. The van der Waals surface area contributed by atoms with Gasteiger partial charge in [0.1, 0.15) is 11.2 Å². The van der Waals surface area contributed by atoms with Crippen molar-refractivity contribution in [3.05, 3.63) is 10.8 Å². The zero-order valence-electron chi connectivity index (χ0n) is 10.4. The maximum atomic E-state index is 5.80. The minimum Gasteiger partial charge on any atom is -0.483 e. The summed E-state index contributed by atoms with van der Waals surface area (Å²) < 4.78 is 11.6. The number of hydrogen-bond donors (Lipinski definition) is 0. The number of thiophene rings is 1. The normalized spacial score (nSPS) is 12.7. The summed E-state index contributed by atoms with van der Waals surface area (Å²) in [5.41, 5.74) is -0.367. The fourth-order valence-corrected chi connectivity index (χ4v) is 1.73. The molecular weight excluding hydrogens is 208 g/mol. The van der Waals surface area contributed by atoms with Crippen LogP contribution in [-0.4, -0.2) is 11.2 Å². The van der Waals surface area contributed by atoms with E-state index in [1.807, 2.05) is 52.3 Å². The van der Waals surface area contributed by atoms with Gasteiger partial charge < -0.3 is 9.47 Å². The van der Waals surface area contributed by atoms with E-state index in [4.69, 9.17) is 9.47 Å². The van der Waals surface area contributed by atoms with Gasteiger partial charge in [-0.3, -0.25) is 0 Å². The summed E-state index contributed by atoms with van der Waals surface area (Å²) in [5.74, 6) is 1.67. The van der Waals surface area contributed by atoms with Crippen molar-refractivity contribution >= 4 is 11.3 Å². The fraction of sp³-hybridized carbons (Fsp3) is 0.667. The van der Waals surface area contributed by atoms with Crippen molar-refractivity contribution < 1.29 is 9.47 Å². The molecule has 0 aliphatic heterocycles. The minimum atomic E-state index is -0.183. The van der Waals surface area contributed by atoms with Gasteiger partial charge >= 0.3 is 0 Å². The minimum absolute atomic E-state index is 0.183. The predicted octanol–water partition coefficient (Wildman–Crippen LogP) is 4.10. The van der Waals surface area contributed by atoms with E-state index in [0.29, 0.717) is 0 Å². The third-order valence-corrected chi connectivity index (χ3v) is 2.13. The van der Waals surface area contributed by atoms with Crippen molar-refractivity contribution in [1.29, 1.82) is 0 Å². The van der Waals surface area contributed by atoms with Gasteiger partial charge in [0, 0.05) is 10.8 Å². The average Bonchev–Trinajstić information content (AvgIpc) is 2.29. The van der Waals surface area contributed by atoms with Crippen LogP contribution >= 0.6 is 11.3 Å². The van der Waals surface area contributed by atoms with Crippen molar-refractivity contribution in [1.82, 2.24) is 0 Å². The maximum absolute atomic E-state index is 5.80. The molecule has 1 rings (SSSR count). The van der Waals surface area contributed by atoms with Gasteiger partial charge in [0.25, 0.3) is 0 Å². The summed E-state index contributed by atoms with van der Waals surface area (Å²) >= 11 is 1.60. The number of hydrogen-bond acceptors (Lipinski definition) is 3. The molecule has 15 heavy (non-hydrogen) atoms. The number of ether oxygens (including phenoxy) is 2. The smallest absolute Gasteiger partial charge is 0.172 e. The third kappa shape index (κ3) is 4.56. The Morgan fingerprint density at radius 3 is 1.40 bits per heavy atom. The Kier molecular flexibility index (Phi) is 3.34. The predicted molar refractivity (Wildman–Crippen MR) is 65.1 cm³/mol. The molecule has 0 N–H and O–H groups in total. The molecule has 0 unspecified atom stereocenters. The van der Waals surface area contributed by atoms with Crippen molar-refractivity contribution in [3.63, 3.8) is 0 Å². The van der Waals surface area contributed by atoms with E-state index in [9.17, 15) is 0 Å². The molecule has 0 aliphatic carbocycles. The van der Waals surface area contributed by atoms with E-state index in [0.717, 1.165) is 11.5 Å². The van der Waals surface area contributed by atoms with E-state index in [-0.39, 0.29) is 11.2 Å². The van der Waals surface area contributed by atoms with Crippen LogP contribution in [0, 0.1) is 0 Å². The topological polar surface area (TPSA) is 18.5 Å². The summed E-state index contributed by atoms with van der Waals surface area (Å²) in [6.07, 6.45) is 0. The monoisotopic (exact) mass is 228 g/mol. The first-order chi connectivity index (χ1) is 6.67. The van der Waals surface area contributed by atoms with E-state index in [2.05, 4.69) is 0 Å². The summed E-state index contributed by atoms with van der Waals surface area (Å²) in [5, 5.41) is 3.96. The zero-order chi connectivity index (χ0) is 11.7. The molecule has 3 heteroatoms. The van der Waals surface area contributed by atoms with Gasteiger partial charge in [-0.1, -0.05) is 0 Å². The lowest BCUT2D eigenvalue weighted by Crippen LogP contribution is -2.25. The Balaban J connectivity index is 2.79. The van der Waals surface area contributed by atoms with E-state index in [1.165, 1.54) is 0 Å². The lowest BCUT2D eigenvalue weighted by atomic mass is 10.2. The van der Waals surface area contributed by atoms with Crippen LogP contribution in [0.3, 0.4) is 0 Å². The Labute approximate surface area is 96.2 Å². The lowest BCUT2D eigenvalue weighted by molar-refractivity contribution is 0.0971. The molecule has 1 heterocycles. The van der Waals surface area contributed by atoms with E-state index < -0.39 is 0 Å². The molecule has 0 spiro atoms. The van der Waals surface area contributed by atoms with Crippen LogP contribution in [0.25, 0.3) is 0 Å². The van der Waals surface area contributed by atoms with Crippen molar-refractivity contribution in [2.75, 3.05) is 0 Å². The summed E-state index contributed by atoms with van der Waals surface area (Å²) in [4.78, 5) is 0. The van der Waals surface area contributed by atoms with Gasteiger partial charge in [-0.2, -0.15) is 0 Å². The van der Waals surface area contributed by atoms with Crippen LogP contribution in [0.4, 0.5) is 0 Å². The Morgan fingerprint density at radius 1 is 0.800 bits per heavy atom. The molecular formula is C12H20O2S. The summed E-state index contributed by atoms with van der Waals surface area (Å²) in [6, 6.07) is 0. The van der Waals surface area contributed by atoms with Gasteiger partial charge in [-0.15, -0.1) is 11.3 Å². The molecule has 0 fully saturated rings. The molecule has 0 aliphatic rings.